The van der Waals surface area contributed by atoms with E-state index in [-0.39, 0.29) is 6.03 Å². The minimum Gasteiger partial charge on any atom is -0.480 e. The normalized spacial score (nSPS) is 29.2. The summed E-state index contributed by atoms with van der Waals surface area (Å²) in [4.78, 5) is 27.2. The number of carboxylic acids is 1. The van der Waals surface area contributed by atoms with Crippen LogP contribution in [0.3, 0.4) is 0 Å². The Bertz CT molecular complexity index is 342. The lowest BCUT2D eigenvalue weighted by atomic mass is 10.00. The fraction of sp³-hybridized carbons (Fsp3) is 0.833. The molecule has 5 nitrogen and oxygen atoms in total. The number of aliphatic carboxylic acids is 1. The summed E-state index contributed by atoms with van der Waals surface area (Å²) in [7, 11) is 0. The van der Waals surface area contributed by atoms with Crippen molar-refractivity contribution in [2.24, 2.45) is 0 Å². The van der Waals surface area contributed by atoms with Gasteiger partial charge in [0.05, 0.1) is 0 Å². The number of likely N-dealkylation sites (tertiary alicyclic amines) is 1. The van der Waals surface area contributed by atoms with Gasteiger partial charge in [-0.1, -0.05) is 0 Å². The molecule has 0 aromatic rings. The predicted molar refractivity (Wildman–Crippen MR) is 70.9 cm³/mol. The molecular formula is C12H20N2O3S. The largest absolute Gasteiger partial charge is 0.480 e. The third-order valence-electron chi connectivity index (χ3n) is 3.83. The Balaban J connectivity index is 2.09. The molecule has 0 radical (unpaired) electrons. The fourth-order valence-electron chi connectivity index (χ4n) is 2.60. The molecule has 2 heterocycles. The number of carboxylic acid groups (broad SMARTS) is 1. The van der Waals surface area contributed by atoms with Crippen LogP contribution in [0.25, 0.3) is 0 Å². The molecule has 2 aliphatic rings. The molecule has 2 saturated heterocycles. The summed E-state index contributed by atoms with van der Waals surface area (Å²) in [5.74, 6) is 1.14. The number of carbonyl (C=O) groups is 2. The predicted octanol–water partition coefficient (Wildman–Crippen LogP) is 1.48. The second-order valence-electron chi connectivity index (χ2n) is 5.07. The van der Waals surface area contributed by atoms with Crippen molar-refractivity contribution in [3.8, 4) is 0 Å². The first-order valence-corrected chi connectivity index (χ1v) is 7.59. The van der Waals surface area contributed by atoms with Gasteiger partial charge in [0, 0.05) is 25.4 Å². The highest BCUT2D eigenvalue weighted by atomic mass is 32.2. The summed E-state index contributed by atoms with van der Waals surface area (Å²) in [5, 5.41) is 9.33. The lowest BCUT2D eigenvalue weighted by Crippen LogP contribution is -2.55. The van der Waals surface area contributed by atoms with Crippen molar-refractivity contribution in [1.82, 2.24) is 9.80 Å². The molecule has 2 amide bonds. The van der Waals surface area contributed by atoms with Gasteiger partial charge in [-0.25, -0.2) is 9.59 Å². The molecule has 1 N–H and O–H groups in total. The van der Waals surface area contributed by atoms with Crippen LogP contribution >= 0.6 is 11.8 Å². The molecule has 2 rings (SSSR count). The molecule has 102 valence electrons. The van der Waals surface area contributed by atoms with Crippen LogP contribution < -0.4 is 0 Å². The number of rotatable bonds is 1. The Morgan fingerprint density at radius 1 is 1.17 bits per heavy atom. The highest BCUT2D eigenvalue weighted by Crippen LogP contribution is 2.30. The molecule has 0 saturated carbocycles. The molecule has 6 heteroatoms. The molecule has 0 bridgehead atoms. The summed E-state index contributed by atoms with van der Waals surface area (Å²) >= 11 is 1.86. The second kappa shape index (κ2) is 5.38. The van der Waals surface area contributed by atoms with Gasteiger partial charge < -0.3 is 14.9 Å². The van der Waals surface area contributed by atoms with Crippen LogP contribution in [-0.4, -0.2) is 63.6 Å². The number of thioether (sulfide) groups is 1. The lowest BCUT2D eigenvalue weighted by molar-refractivity contribution is -0.147. The van der Waals surface area contributed by atoms with Gasteiger partial charge in [-0.15, -0.1) is 0 Å². The molecule has 0 aliphatic carbocycles. The van der Waals surface area contributed by atoms with Crippen LogP contribution in [0.1, 0.15) is 26.2 Å². The smallest absolute Gasteiger partial charge is 0.329 e. The Morgan fingerprint density at radius 2 is 1.94 bits per heavy atom. The van der Waals surface area contributed by atoms with E-state index in [0.29, 0.717) is 13.0 Å². The summed E-state index contributed by atoms with van der Waals surface area (Å²) in [5.41, 5.74) is -1.02. The van der Waals surface area contributed by atoms with Gasteiger partial charge in [0.2, 0.25) is 0 Å². The maximum Gasteiger partial charge on any atom is 0.329 e. The summed E-state index contributed by atoms with van der Waals surface area (Å²) in [6.45, 7) is 3.70. The zero-order valence-corrected chi connectivity index (χ0v) is 11.5. The highest BCUT2D eigenvalue weighted by Gasteiger charge is 2.47. The Hall–Kier alpha value is -0.910. The van der Waals surface area contributed by atoms with Crippen LogP contribution in [0.2, 0.25) is 0 Å². The number of nitrogens with zero attached hydrogens (tertiary/aromatic N) is 2. The van der Waals surface area contributed by atoms with E-state index in [0.717, 1.165) is 37.4 Å². The molecule has 2 fully saturated rings. The van der Waals surface area contributed by atoms with Crippen LogP contribution in [0, 0.1) is 0 Å². The van der Waals surface area contributed by atoms with Crippen molar-refractivity contribution in [1.29, 1.82) is 0 Å². The van der Waals surface area contributed by atoms with Gasteiger partial charge in [0.15, 0.2) is 0 Å². The maximum absolute atomic E-state index is 12.5. The molecule has 0 aromatic carbocycles. The van der Waals surface area contributed by atoms with E-state index in [2.05, 4.69) is 0 Å². The Labute approximate surface area is 112 Å². The van der Waals surface area contributed by atoms with E-state index in [9.17, 15) is 14.7 Å². The zero-order valence-electron chi connectivity index (χ0n) is 10.7. The van der Waals surface area contributed by atoms with Crippen molar-refractivity contribution < 1.29 is 14.7 Å². The number of amides is 2. The van der Waals surface area contributed by atoms with Crippen molar-refractivity contribution >= 4 is 23.8 Å². The number of carbonyl (C=O) groups excluding carboxylic acids is 1. The lowest BCUT2D eigenvalue weighted by Gasteiger charge is -2.35. The quantitative estimate of drug-likeness (QED) is 0.785. The Morgan fingerprint density at radius 3 is 2.67 bits per heavy atom. The highest BCUT2D eigenvalue weighted by molar-refractivity contribution is 7.99. The monoisotopic (exact) mass is 272 g/mol. The molecule has 18 heavy (non-hydrogen) atoms. The summed E-state index contributed by atoms with van der Waals surface area (Å²) < 4.78 is 0. The molecular weight excluding hydrogens is 252 g/mol. The summed E-state index contributed by atoms with van der Waals surface area (Å²) in [6, 6.07) is -0.0973. The van der Waals surface area contributed by atoms with Crippen LogP contribution in [0.4, 0.5) is 4.79 Å². The van der Waals surface area contributed by atoms with Crippen molar-refractivity contribution in [2.45, 2.75) is 31.7 Å². The van der Waals surface area contributed by atoms with Crippen molar-refractivity contribution in [3.63, 3.8) is 0 Å². The van der Waals surface area contributed by atoms with Gasteiger partial charge in [-0.2, -0.15) is 11.8 Å². The standard InChI is InChI=1S/C12H20N2O3S/c1-12(10(15)16)4-2-6-14(12)11(17)13-5-3-8-18-9-7-13/h2-9H2,1H3,(H,15,16). The third-order valence-corrected chi connectivity index (χ3v) is 4.87. The van der Waals surface area contributed by atoms with Crippen molar-refractivity contribution in [3.05, 3.63) is 0 Å². The van der Waals surface area contributed by atoms with Crippen molar-refractivity contribution in [2.75, 3.05) is 31.1 Å². The van der Waals surface area contributed by atoms with E-state index < -0.39 is 11.5 Å². The van der Waals surface area contributed by atoms with E-state index in [1.54, 1.807) is 11.8 Å². The Kier molecular flexibility index (Phi) is 4.04. The zero-order chi connectivity index (χ0) is 13.2. The van der Waals surface area contributed by atoms with E-state index in [1.807, 2.05) is 16.7 Å². The van der Waals surface area contributed by atoms with E-state index in [1.165, 1.54) is 0 Å². The van der Waals surface area contributed by atoms with Crippen LogP contribution in [-0.2, 0) is 4.79 Å². The van der Waals surface area contributed by atoms with E-state index >= 15 is 0 Å². The van der Waals surface area contributed by atoms with Crippen LogP contribution in [0.15, 0.2) is 0 Å². The van der Waals surface area contributed by atoms with Crippen LogP contribution in [0.5, 0.6) is 0 Å². The maximum atomic E-state index is 12.5. The first-order chi connectivity index (χ1) is 8.55. The average molecular weight is 272 g/mol. The first kappa shape index (κ1) is 13.5. The molecule has 1 atom stereocenters. The molecule has 1 unspecified atom stereocenters. The third kappa shape index (κ3) is 2.43. The number of hydrogen-bond acceptors (Lipinski definition) is 3. The number of hydrogen-bond donors (Lipinski definition) is 1. The topological polar surface area (TPSA) is 60.9 Å². The van der Waals surface area contributed by atoms with Gasteiger partial charge in [0.1, 0.15) is 5.54 Å². The fourth-order valence-corrected chi connectivity index (χ4v) is 3.49. The SMILES string of the molecule is CC1(C(=O)O)CCCN1C(=O)N1CCCSCC1. The summed E-state index contributed by atoms with van der Waals surface area (Å²) in [6.07, 6.45) is 2.32. The molecule has 2 aliphatic heterocycles. The molecule has 0 aromatic heterocycles. The number of urea groups is 1. The minimum absolute atomic E-state index is 0.0973. The van der Waals surface area contributed by atoms with Gasteiger partial charge in [-0.3, -0.25) is 0 Å². The molecule has 0 spiro atoms. The van der Waals surface area contributed by atoms with Gasteiger partial charge in [0.25, 0.3) is 0 Å². The first-order valence-electron chi connectivity index (χ1n) is 6.43. The minimum atomic E-state index is -1.02. The van der Waals surface area contributed by atoms with E-state index in [4.69, 9.17) is 0 Å². The van der Waals surface area contributed by atoms with Gasteiger partial charge >= 0.3 is 12.0 Å². The average Bonchev–Trinajstić information content (AvgIpc) is 2.58. The van der Waals surface area contributed by atoms with Gasteiger partial charge in [-0.05, 0) is 31.9 Å². The second-order valence-corrected chi connectivity index (χ2v) is 6.29.